The second-order valence-electron chi connectivity index (χ2n) is 6.04. The highest BCUT2D eigenvalue weighted by Gasteiger charge is 2.14. The molecule has 2 aromatic carbocycles. The molecule has 4 rings (SSSR count). The molecule has 0 unspecified atom stereocenters. The van der Waals surface area contributed by atoms with E-state index >= 15 is 0 Å². The molecule has 0 saturated heterocycles. The summed E-state index contributed by atoms with van der Waals surface area (Å²) >= 11 is 1.19. The molecule has 28 heavy (non-hydrogen) atoms. The van der Waals surface area contributed by atoms with Crippen LogP contribution in [-0.4, -0.2) is 21.9 Å². The summed E-state index contributed by atoms with van der Waals surface area (Å²) in [6.07, 6.45) is 1.57. The Bertz CT molecular complexity index is 1070. The van der Waals surface area contributed by atoms with Crippen LogP contribution >= 0.6 is 11.8 Å². The summed E-state index contributed by atoms with van der Waals surface area (Å²) in [5, 5.41) is 11.2. The number of furan rings is 1. The lowest BCUT2D eigenvalue weighted by atomic mass is 10.1. The zero-order chi connectivity index (χ0) is 19.3. The van der Waals surface area contributed by atoms with Crippen molar-refractivity contribution in [3.05, 3.63) is 72.7 Å². The second-order valence-corrected chi connectivity index (χ2v) is 6.97. The maximum absolute atomic E-state index is 12.2. The minimum Gasteiger partial charge on any atom is -0.469 e. The van der Waals surface area contributed by atoms with Crippen LogP contribution in [0.3, 0.4) is 0 Å². The van der Waals surface area contributed by atoms with Crippen LogP contribution in [0.4, 0.5) is 5.69 Å². The third-order valence-corrected chi connectivity index (χ3v) is 4.92. The van der Waals surface area contributed by atoms with Gasteiger partial charge >= 0.3 is 0 Å². The van der Waals surface area contributed by atoms with Gasteiger partial charge in [-0.15, -0.1) is 10.2 Å². The van der Waals surface area contributed by atoms with Crippen LogP contribution in [0.15, 0.2) is 81.0 Å². The van der Waals surface area contributed by atoms with Gasteiger partial charge in [-0.25, -0.2) is 0 Å². The summed E-state index contributed by atoms with van der Waals surface area (Å²) in [6.45, 7) is 1.82. The van der Waals surface area contributed by atoms with Gasteiger partial charge in [0, 0.05) is 5.69 Å². The Morgan fingerprint density at radius 3 is 2.46 bits per heavy atom. The van der Waals surface area contributed by atoms with E-state index in [1.165, 1.54) is 11.8 Å². The number of aromatic nitrogens is 2. The Morgan fingerprint density at radius 1 is 1.00 bits per heavy atom. The number of anilines is 1. The highest BCUT2D eigenvalue weighted by Crippen LogP contribution is 2.26. The molecule has 1 N–H and O–H groups in total. The van der Waals surface area contributed by atoms with Gasteiger partial charge in [0.2, 0.25) is 5.91 Å². The molecule has 0 bridgehead atoms. The summed E-state index contributed by atoms with van der Waals surface area (Å²) in [6, 6.07) is 19.6. The third kappa shape index (κ3) is 4.15. The highest BCUT2D eigenvalue weighted by atomic mass is 32.2. The van der Waals surface area contributed by atoms with Crippen LogP contribution in [-0.2, 0) is 4.79 Å². The number of rotatable bonds is 6. The minimum absolute atomic E-state index is 0.142. The van der Waals surface area contributed by atoms with Crippen molar-refractivity contribution >= 4 is 23.4 Å². The van der Waals surface area contributed by atoms with Gasteiger partial charge < -0.3 is 14.2 Å². The van der Waals surface area contributed by atoms with Crippen LogP contribution < -0.4 is 5.32 Å². The first-order valence-electron chi connectivity index (χ1n) is 8.65. The van der Waals surface area contributed by atoms with E-state index in [-0.39, 0.29) is 11.7 Å². The molecular formula is C21H17N3O3S. The predicted molar refractivity (Wildman–Crippen MR) is 108 cm³/mol. The van der Waals surface area contributed by atoms with Crippen LogP contribution in [0.1, 0.15) is 5.76 Å². The Kier molecular flexibility index (Phi) is 5.25. The molecule has 2 aromatic heterocycles. The lowest BCUT2D eigenvalue weighted by molar-refractivity contribution is -0.113. The molecule has 0 aliphatic rings. The van der Waals surface area contributed by atoms with E-state index in [9.17, 15) is 4.79 Å². The molecule has 0 radical (unpaired) electrons. The van der Waals surface area contributed by atoms with E-state index in [2.05, 4.69) is 15.5 Å². The molecule has 0 aliphatic heterocycles. The van der Waals surface area contributed by atoms with Gasteiger partial charge in [-0.3, -0.25) is 4.79 Å². The fraction of sp³-hybridized carbons (Fsp3) is 0.0952. The van der Waals surface area contributed by atoms with Crippen LogP contribution in [0, 0.1) is 6.92 Å². The van der Waals surface area contributed by atoms with E-state index < -0.39 is 0 Å². The maximum atomic E-state index is 12.2. The summed E-state index contributed by atoms with van der Waals surface area (Å²) in [5.74, 6) is 1.12. The van der Waals surface area contributed by atoms with Crippen molar-refractivity contribution in [1.82, 2.24) is 10.2 Å². The van der Waals surface area contributed by atoms with Crippen molar-refractivity contribution in [3.63, 3.8) is 0 Å². The Morgan fingerprint density at radius 2 is 1.75 bits per heavy atom. The zero-order valence-corrected chi connectivity index (χ0v) is 15.9. The zero-order valence-electron chi connectivity index (χ0n) is 15.1. The standard InChI is InChI=1S/C21H17N3O3S/c1-14-18(11-12-26-14)20-23-24-21(27-20)28-13-19(25)22-17-9-7-16(8-10-17)15-5-3-2-4-6-15/h2-12H,13H2,1H3,(H,22,25). The van der Waals surface area contributed by atoms with Crippen molar-refractivity contribution in [2.75, 3.05) is 11.1 Å². The van der Waals surface area contributed by atoms with E-state index in [1.807, 2.05) is 61.5 Å². The normalized spacial score (nSPS) is 10.8. The summed E-state index contributed by atoms with van der Waals surface area (Å²) in [5.41, 5.74) is 3.73. The number of nitrogens with zero attached hydrogens (tertiary/aromatic N) is 2. The van der Waals surface area contributed by atoms with Crippen LogP contribution in [0.5, 0.6) is 0 Å². The van der Waals surface area contributed by atoms with Gasteiger partial charge in [0.25, 0.3) is 11.1 Å². The quantitative estimate of drug-likeness (QED) is 0.464. The molecule has 0 atom stereocenters. The van der Waals surface area contributed by atoms with E-state index in [4.69, 9.17) is 8.83 Å². The van der Waals surface area contributed by atoms with Gasteiger partial charge in [-0.1, -0.05) is 54.2 Å². The van der Waals surface area contributed by atoms with E-state index in [0.717, 1.165) is 22.4 Å². The molecule has 0 fully saturated rings. The molecule has 4 aromatic rings. The number of thioether (sulfide) groups is 1. The minimum atomic E-state index is -0.142. The molecule has 7 heteroatoms. The van der Waals surface area contributed by atoms with Gasteiger partial charge in [0.1, 0.15) is 5.76 Å². The molecule has 140 valence electrons. The Balaban J connectivity index is 1.32. The fourth-order valence-corrected chi connectivity index (χ4v) is 3.25. The lowest BCUT2D eigenvalue weighted by Gasteiger charge is -2.06. The molecule has 0 saturated carbocycles. The van der Waals surface area contributed by atoms with Gasteiger partial charge in [0.15, 0.2) is 0 Å². The number of hydrogen-bond donors (Lipinski definition) is 1. The molecule has 2 heterocycles. The van der Waals surface area contributed by atoms with E-state index in [1.54, 1.807) is 12.3 Å². The average Bonchev–Trinajstić information content (AvgIpc) is 3.36. The number of amides is 1. The molecular weight excluding hydrogens is 374 g/mol. The van der Waals surface area contributed by atoms with Gasteiger partial charge in [-0.2, -0.15) is 0 Å². The lowest BCUT2D eigenvalue weighted by Crippen LogP contribution is -2.13. The molecule has 6 nitrogen and oxygen atoms in total. The second kappa shape index (κ2) is 8.14. The average molecular weight is 391 g/mol. The highest BCUT2D eigenvalue weighted by molar-refractivity contribution is 7.99. The topological polar surface area (TPSA) is 81.2 Å². The number of carbonyl (C=O) groups excluding carboxylic acids is 1. The van der Waals surface area contributed by atoms with E-state index in [0.29, 0.717) is 16.9 Å². The third-order valence-electron chi connectivity index (χ3n) is 4.10. The predicted octanol–water partition coefficient (Wildman–Crippen LogP) is 5.04. The number of aryl methyl sites for hydroxylation is 1. The number of benzene rings is 2. The van der Waals surface area contributed by atoms with Crippen molar-refractivity contribution in [2.45, 2.75) is 12.1 Å². The summed E-state index contributed by atoms with van der Waals surface area (Å²) < 4.78 is 10.8. The molecule has 0 aliphatic carbocycles. The van der Waals surface area contributed by atoms with Crippen molar-refractivity contribution in [2.24, 2.45) is 0 Å². The Hall–Kier alpha value is -3.32. The van der Waals surface area contributed by atoms with Gasteiger partial charge in [0.05, 0.1) is 17.6 Å². The molecule has 1 amide bonds. The fourth-order valence-electron chi connectivity index (χ4n) is 2.68. The first-order valence-corrected chi connectivity index (χ1v) is 9.64. The Labute approximate surface area is 166 Å². The smallest absolute Gasteiger partial charge is 0.277 e. The maximum Gasteiger partial charge on any atom is 0.277 e. The van der Waals surface area contributed by atoms with Crippen LogP contribution in [0.2, 0.25) is 0 Å². The first-order chi connectivity index (χ1) is 13.7. The number of nitrogens with one attached hydrogen (secondary N) is 1. The first kappa shape index (κ1) is 18.1. The molecule has 0 spiro atoms. The van der Waals surface area contributed by atoms with Gasteiger partial charge in [-0.05, 0) is 36.2 Å². The summed E-state index contributed by atoms with van der Waals surface area (Å²) in [7, 11) is 0. The largest absolute Gasteiger partial charge is 0.469 e. The van der Waals surface area contributed by atoms with Crippen LogP contribution in [0.25, 0.3) is 22.6 Å². The van der Waals surface area contributed by atoms with Crippen molar-refractivity contribution in [1.29, 1.82) is 0 Å². The number of carbonyl (C=O) groups is 1. The monoisotopic (exact) mass is 391 g/mol. The number of hydrogen-bond acceptors (Lipinski definition) is 6. The van der Waals surface area contributed by atoms with Crippen molar-refractivity contribution < 1.29 is 13.6 Å². The summed E-state index contributed by atoms with van der Waals surface area (Å²) in [4.78, 5) is 12.2. The van der Waals surface area contributed by atoms with Crippen molar-refractivity contribution in [3.8, 4) is 22.6 Å². The SMILES string of the molecule is Cc1occc1-c1nnc(SCC(=O)Nc2ccc(-c3ccccc3)cc2)o1.